The van der Waals surface area contributed by atoms with Crippen LogP contribution in [-0.2, 0) is 11.3 Å². The number of hydrogen-bond donors (Lipinski definition) is 1. The molecule has 0 aliphatic heterocycles. The largest absolute Gasteiger partial charge is 0.356 e. The molecule has 114 valence electrons. The summed E-state index contributed by atoms with van der Waals surface area (Å²) in [6.45, 7) is 10.6. The topological polar surface area (TPSA) is 50.2 Å². The summed E-state index contributed by atoms with van der Waals surface area (Å²) in [6.07, 6.45) is 4.29. The van der Waals surface area contributed by atoms with E-state index < -0.39 is 0 Å². The Morgan fingerprint density at radius 2 is 2.20 bits per heavy atom. The fraction of sp³-hybridized carbons (Fsp3) is 0.714. The molecule has 0 bridgehead atoms. The van der Waals surface area contributed by atoms with Crippen molar-refractivity contribution in [3.63, 3.8) is 0 Å². The quantitative estimate of drug-likeness (QED) is 0.710. The van der Waals surface area contributed by atoms with Gasteiger partial charge in [-0.3, -0.25) is 9.48 Å². The zero-order valence-electron chi connectivity index (χ0n) is 12.6. The summed E-state index contributed by atoms with van der Waals surface area (Å²) in [4.78, 5) is 14.3. The molecule has 0 unspecified atom stereocenters. The second kappa shape index (κ2) is 8.97. The molecular formula is C14H25ClN4O. The molecule has 0 saturated carbocycles. The summed E-state index contributed by atoms with van der Waals surface area (Å²) in [5, 5.41) is 7.65. The maximum atomic E-state index is 11.9. The van der Waals surface area contributed by atoms with Gasteiger partial charge in [0.15, 0.2) is 0 Å². The first-order valence-electron chi connectivity index (χ1n) is 7.24. The first kappa shape index (κ1) is 17.0. The van der Waals surface area contributed by atoms with Gasteiger partial charge in [0, 0.05) is 12.7 Å². The maximum Gasteiger partial charge on any atom is 0.224 e. The molecule has 1 heterocycles. The van der Waals surface area contributed by atoms with E-state index in [1.54, 1.807) is 17.1 Å². The Kier molecular flexibility index (Phi) is 7.62. The second-order valence-corrected chi connectivity index (χ2v) is 5.39. The van der Waals surface area contributed by atoms with Crippen LogP contribution >= 0.6 is 11.6 Å². The monoisotopic (exact) mass is 300 g/mol. The predicted molar refractivity (Wildman–Crippen MR) is 81.8 cm³/mol. The first-order valence-corrected chi connectivity index (χ1v) is 7.62. The van der Waals surface area contributed by atoms with E-state index in [4.69, 9.17) is 11.6 Å². The molecule has 1 atom stereocenters. The van der Waals surface area contributed by atoms with Crippen LogP contribution in [0.5, 0.6) is 0 Å². The molecule has 0 aromatic carbocycles. The lowest BCUT2D eigenvalue weighted by Crippen LogP contribution is -2.34. The molecular weight excluding hydrogens is 276 g/mol. The third-order valence-electron chi connectivity index (χ3n) is 3.36. The molecule has 0 spiro atoms. The minimum absolute atomic E-state index is 0.0659. The van der Waals surface area contributed by atoms with E-state index in [2.05, 4.69) is 29.2 Å². The SMILES string of the molecule is CCN(CC)CCCNC(=O)[C@H](C)Cn1cc(Cl)cn1. The molecule has 1 amide bonds. The van der Waals surface area contributed by atoms with Gasteiger partial charge in [0.1, 0.15) is 0 Å². The van der Waals surface area contributed by atoms with E-state index >= 15 is 0 Å². The van der Waals surface area contributed by atoms with Crippen LogP contribution < -0.4 is 5.32 Å². The minimum atomic E-state index is -0.112. The van der Waals surface area contributed by atoms with E-state index in [1.807, 2.05) is 6.92 Å². The van der Waals surface area contributed by atoms with Crippen LogP contribution in [0.4, 0.5) is 0 Å². The van der Waals surface area contributed by atoms with Crippen molar-refractivity contribution in [3.05, 3.63) is 17.4 Å². The van der Waals surface area contributed by atoms with Crippen LogP contribution in [0.1, 0.15) is 27.2 Å². The smallest absolute Gasteiger partial charge is 0.224 e. The van der Waals surface area contributed by atoms with Crippen LogP contribution in [0.25, 0.3) is 0 Å². The lowest BCUT2D eigenvalue weighted by Gasteiger charge is -2.18. The van der Waals surface area contributed by atoms with Crippen molar-refractivity contribution in [3.8, 4) is 0 Å². The Morgan fingerprint density at radius 1 is 1.50 bits per heavy atom. The Labute approximate surface area is 126 Å². The van der Waals surface area contributed by atoms with Crippen LogP contribution in [0.2, 0.25) is 5.02 Å². The molecule has 1 rings (SSSR count). The van der Waals surface area contributed by atoms with Crippen molar-refractivity contribution in [2.24, 2.45) is 5.92 Å². The zero-order valence-corrected chi connectivity index (χ0v) is 13.4. The average Bonchev–Trinajstić information content (AvgIpc) is 2.84. The van der Waals surface area contributed by atoms with Gasteiger partial charge in [0.25, 0.3) is 0 Å². The molecule has 1 N–H and O–H groups in total. The first-order chi connectivity index (χ1) is 9.56. The summed E-state index contributed by atoms with van der Waals surface area (Å²) < 4.78 is 1.70. The van der Waals surface area contributed by atoms with Crippen LogP contribution in [0, 0.1) is 5.92 Å². The van der Waals surface area contributed by atoms with Gasteiger partial charge in [0.05, 0.1) is 23.7 Å². The lowest BCUT2D eigenvalue weighted by molar-refractivity contribution is -0.124. The van der Waals surface area contributed by atoms with Gasteiger partial charge in [0.2, 0.25) is 5.91 Å². The third-order valence-corrected chi connectivity index (χ3v) is 3.55. The zero-order chi connectivity index (χ0) is 15.0. The number of nitrogens with zero attached hydrogens (tertiary/aromatic N) is 3. The summed E-state index contributed by atoms with van der Waals surface area (Å²) in [5.41, 5.74) is 0. The van der Waals surface area contributed by atoms with Crippen molar-refractivity contribution in [2.45, 2.75) is 33.7 Å². The van der Waals surface area contributed by atoms with Crippen molar-refractivity contribution >= 4 is 17.5 Å². The van der Waals surface area contributed by atoms with Gasteiger partial charge in [-0.25, -0.2) is 0 Å². The molecule has 6 heteroatoms. The Bertz CT molecular complexity index is 404. The molecule has 0 aliphatic rings. The molecule has 20 heavy (non-hydrogen) atoms. The fourth-order valence-corrected chi connectivity index (χ4v) is 2.19. The van der Waals surface area contributed by atoms with Crippen LogP contribution in [-0.4, -0.2) is 46.8 Å². The average molecular weight is 301 g/mol. The van der Waals surface area contributed by atoms with Gasteiger partial charge < -0.3 is 10.2 Å². The van der Waals surface area contributed by atoms with Crippen molar-refractivity contribution < 1.29 is 4.79 Å². The standard InChI is InChI=1S/C14H25ClN4O/c1-4-18(5-2)8-6-7-16-14(20)12(3)10-19-11-13(15)9-17-19/h9,11-12H,4-8,10H2,1-3H3,(H,16,20)/t12-/m1/s1. The number of amides is 1. The normalized spacial score (nSPS) is 12.7. The van der Waals surface area contributed by atoms with E-state index in [0.717, 1.165) is 32.6 Å². The number of carbonyl (C=O) groups is 1. The van der Waals surface area contributed by atoms with Gasteiger partial charge in [-0.2, -0.15) is 5.10 Å². The summed E-state index contributed by atoms with van der Waals surface area (Å²) in [5.74, 6) is -0.0458. The van der Waals surface area contributed by atoms with Gasteiger partial charge >= 0.3 is 0 Å². The molecule has 5 nitrogen and oxygen atoms in total. The second-order valence-electron chi connectivity index (χ2n) is 4.95. The summed E-state index contributed by atoms with van der Waals surface area (Å²) in [7, 11) is 0. The molecule has 0 radical (unpaired) electrons. The molecule has 0 aliphatic carbocycles. The number of halogens is 1. The Morgan fingerprint density at radius 3 is 2.75 bits per heavy atom. The summed E-state index contributed by atoms with van der Waals surface area (Å²) >= 11 is 5.79. The van der Waals surface area contributed by atoms with Gasteiger partial charge in [-0.1, -0.05) is 32.4 Å². The number of hydrogen-bond acceptors (Lipinski definition) is 3. The Hall–Kier alpha value is -1.07. The highest BCUT2D eigenvalue weighted by atomic mass is 35.5. The van der Waals surface area contributed by atoms with Crippen molar-refractivity contribution in [1.82, 2.24) is 20.0 Å². The van der Waals surface area contributed by atoms with Crippen molar-refractivity contribution in [1.29, 1.82) is 0 Å². The van der Waals surface area contributed by atoms with Gasteiger partial charge in [-0.05, 0) is 26.1 Å². The van der Waals surface area contributed by atoms with E-state index in [-0.39, 0.29) is 11.8 Å². The predicted octanol–water partition coefficient (Wildman–Crippen LogP) is 2.02. The molecule has 0 saturated heterocycles. The van der Waals surface area contributed by atoms with Gasteiger partial charge in [-0.15, -0.1) is 0 Å². The van der Waals surface area contributed by atoms with E-state index in [0.29, 0.717) is 11.6 Å². The minimum Gasteiger partial charge on any atom is -0.356 e. The van der Waals surface area contributed by atoms with E-state index in [9.17, 15) is 4.79 Å². The number of rotatable bonds is 9. The maximum absolute atomic E-state index is 11.9. The molecule has 0 fully saturated rings. The van der Waals surface area contributed by atoms with Crippen molar-refractivity contribution in [2.75, 3.05) is 26.2 Å². The fourth-order valence-electron chi connectivity index (χ4n) is 2.03. The highest BCUT2D eigenvalue weighted by molar-refractivity contribution is 6.30. The molecule has 1 aromatic rings. The highest BCUT2D eigenvalue weighted by Crippen LogP contribution is 2.07. The number of carbonyl (C=O) groups excluding carboxylic acids is 1. The van der Waals surface area contributed by atoms with Crippen LogP contribution in [0.3, 0.4) is 0 Å². The third kappa shape index (κ3) is 5.92. The van der Waals surface area contributed by atoms with Crippen LogP contribution in [0.15, 0.2) is 12.4 Å². The number of aromatic nitrogens is 2. The lowest BCUT2D eigenvalue weighted by atomic mass is 10.1. The number of nitrogens with one attached hydrogen (secondary N) is 1. The van der Waals surface area contributed by atoms with E-state index in [1.165, 1.54) is 0 Å². The highest BCUT2D eigenvalue weighted by Gasteiger charge is 2.13. The summed E-state index contributed by atoms with van der Waals surface area (Å²) in [6, 6.07) is 0. The molecule has 1 aromatic heterocycles. The Balaban J connectivity index is 2.21.